The molecule has 0 aliphatic rings. The van der Waals surface area contributed by atoms with E-state index in [1.165, 1.54) is 0 Å². The van der Waals surface area contributed by atoms with Crippen LogP contribution in [0.2, 0.25) is 0 Å². The number of halogens is 1. The van der Waals surface area contributed by atoms with E-state index in [0.717, 1.165) is 6.21 Å². The first-order valence-corrected chi connectivity index (χ1v) is 3.18. The fraction of sp³-hybridized carbons (Fsp3) is 0.125. The van der Waals surface area contributed by atoms with Gasteiger partial charge in [-0.25, -0.2) is 4.39 Å². The summed E-state index contributed by atoms with van der Waals surface area (Å²) in [7, 11) is 0. The van der Waals surface area contributed by atoms with E-state index in [1.54, 1.807) is 25.1 Å². The average molecular weight is 153 g/mol. The van der Waals surface area contributed by atoms with Gasteiger partial charge in [0.2, 0.25) is 0 Å². The van der Waals surface area contributed by atoms with E-state index >= 15 is 0 Å². The maximum absolute atomic E-state index is 13.0. The Labute approximate surface area is 64.0 Å². The molecule has 0 aliphatic heterocycles. The van der Waals surface area contributed by atoms with E-state index < -0.39 is 0 Å². The molecule has 1 rings (SSSR count). The highest BCUT2D eigenvalue weighted by molar-refractivity contribution is 5.79. The van der Waals surface area contributed by atoms with Crippen LogP contribution in [-0.4, -0.2) is 11.4 Å². The van der Waals surface area contributed by atoms with Gasteiger partial charge in [-0.1, -0.05) is 23.4 Å². The molecule has 0 radical (unpaired) electrons. The number of oxime groups is 1. The Kier molecular flexibility index (Phi) is 2.21. The lowest BCUT2D eigenvalue weighted by Gasteiger charge is -1.97. The molecule has 3 heteroatoms. The molecule has 0 aromatic heterocycles. The Morgan fingerprint density at radius 3 is 2.91 bits per heavy atom. The van der Waals surface area contributed by atoms with Crippen LogP contribution in [0.15, 0.2) is 23.4 Å². The summed E-state index contributed by atoms with van der Waals surface area (Å²) in [5.74, 6) is -0.342. The van der Waals surface area contributed by atoms with E-state index in [1.807, 2.05) is 0 Å². The van der Waals surface area contributed by atoms with Crippen LogP contribution < -0.4 is 0 Å². The summed E-state index contributed by atoms with van der Waals surface area (Å²) in [6.07, 6.45) is 1.07. The van der Waals surface area contributed by atoms with Crippen molar-refractivity contribution in [2.24, 2.45) is 5.16 Å². The summed E-state index contributed by atoms with van der Waals surface area (Å²) in [4.78, 5) is 0. The highest BCUT2D eigenvalue weighted by atomic mass is 19.1. The van der Waals surface area contributed by atoms with Gasteiger partial charge in [-0.3, -0.25) is 0 Å². The number of benzene rings is 1. The second-order valence-corrected chi connectivity index (χ2v) is 2.22. The Hall–Kier alpha value is -1.38. The second-order valence-electron chi connectivity index (χ2n) is 2.22. The maximum Gasteiger partial charge on any atom is 0.134 e. The Morgan fingerprint density at radius 2 is 2.27 bits per heavy atom. The molecule has 11 heavy (non-hydrogen) atoms. The van der Waals surface area contributed by atoms with Crippen molar-refractivity contribution in [1.29, 1.82) is 0 Å². The van der Waals surface area contributed by atoms with Crippen molar-refractivity contribution in [3.63, 3.8) is 0 Å². The van der Waals surface area contributed by atoms with E-state index in [4.69, 9.17) is 5.21 Å². The van der Waals surface area contributed by atoms with Gasteiger partial charge >= 0.3 is 0 Å². The molecule has 0 bridgehead atoms. The third-order valence-corrected chi connectivity index (χ3v) is 1.42. The van der Waals surface area contributed by atoms with E-state index in [9.17, 15) is 4.39 Å². The molecule has 0 aliphatic carbocycles. The van der Waals surface area contributed by atoms with E-state index in [-0.39, 0.29) is 5.82 Å². The van der Waals surface area contributed by atoms with Gasteiger partial charge < -0.3 is 5.21 Å². The number of nitrogens with zero attached hydrogens (tertiary/aromatic N) is 1. The number of rotatable bonds is 1. The van der Waals surface area contributed by atoms with Gasteiger partial charge in [-0.15, -0.1) is 0 Å². The molecule has 1 N–H and O–H groups in total. The first-order valence-electron chi connectivity index (χ1n) is 3.18. The molecule has 2 nitrogen and oxygen atoms in total. The first kappa shape index (κ1) is 7.72. The van der Waals surface area contributed by atoms with Crippen LogP contribution in [0.3, 0.4) is 0 Å². The quantitative estimate of drug-likeness (QED) is 0.373. The maximum atomic E-state index is 13.0. The smallest absolute Gasteiger partial charge is 0.134 e. The second kappa shape index (κ2) is 3.14. The lowest BCUT2D eigenvalue weighted by Crippen LogP contribution is -1.90. The van der Waals surface area contributed by atoms with Gasteiger partial charge in [-0.2, -0.15) is 0 Å². The summed E-state index contributed by atoms with van der Waals surface area (Å²) >= 11 is 0. The van der Waals surface area contributed by atoms with Crippen LogP contribution >= 0.6 is 0 Å². The van der Waals surface area contributed by atoms with Crippen LogP contribution in [0.4, 0.5) is 4.39 Å². The molecule has 0 spiro atoms. The standard InChI is InChI=1S/C8H8FNO/c1-6-3-2-4-7(5-10-11)8(6)9/h2-5,11H,1H3/b10-5+. The predicted molar refractivity (Wildman–Crippen MR) is 40.5 cm³/mol. The SMILES string of the molecule is Cc1cccc(/C=N/O)c1F. The molecule has 0 fully saturated rings. The van der Waals surface area contributed by atoms with Gasteiger partial charge in [0.05, 0.1) is 6.21 Å². The molecule has 0 atom stereocenters. The fourth-order valence-electron chi connectivity index (χ4n) is 0.832. The lowest BCUT2D eigenvalue weighted by atomic mass is 10.1. The van der Waals surface area contributed by atoms with Gasteiger partial charge in [-0.05, 0) is 12.5 Å². The molecular weight excluding hydrogens is 145 g/mol. The molecule has 58 valence electrons. The van der Waals surface area contributed by atoms with Crippen LogP contribution in [0.25, 0.3) is 0 Å². The Morgan fingerprint density at radius 1 is 1.55 bits per heavy atom. The first-order chi connectivity index (χ1) is 5.25. The molecule has 0 heterocycles. The summed E-state index contributed by atoms with van der Waals surface area (Å²) in [6, 6.07) is 4.90. The highest BCUT2D eigenvalue weighted by Crippen LogP contribution is 2.09. The summed E-state index contributed by atoms with van der Waals surface area (Å²) < 4.78 is 13.0. The Balaban J connectivity index is 3.16. The minimum absolute atomic E-state index is 0.299. The molecule has 0 saturated heterocycles. The predicted octanol–water partition coefficient (Wildman–Crippen LogP) is 1.94. The number of hydrogen-bond donors (Lipinski definition) is 1. The van der Waals surface area contributed by atoms with Crippen molar-refractivity contribution < 1.29 is 9.60 Å². The minimum Gasteiger partial charge on any atom is -0.411 e. The topological polar surface area (TPSA) is 32.6 Å². The minimum atomic E-state index is -0.342. The lowest BCUT2D eigenvalue weighted by molar-refractivity contribution is 0.321. The van der Waals surface area contributed by atoms with Gasteiger partial charge in [0.15, 0.2) is 0 Å². The summed E-state index contributed by atoms with van der Waals surface area (Å²) in [6.45, 7) is 1.66. The van der Waals surface area contributed by atoms with Gasteiger partial charge in [0.1, 0.15) is 5.82 Å². The zero-order valence-corrected chi connectivity index (χ0v) is 6.08. The molecule has 0 saturated carbocycles. The number of hydrogen-bond acceptors (Lipinski definition) is 2. The van der Waals surface area contributed by atoms with Gasteiger partial charge in [0.25, 0.3) is 0 Å². The van der Waals surface area contributed by atoms with E-state index in [0.29, 0.717) is 11.1 Å². The monoisotopic (exact) mass is 153 g/mol. The zero-order chi connectivity index (χ0) is 8.27. The van der Waals surface area contributed by atoms with Crippen LogP contribution in [0, 0.1) is 12.7 Å². The number of aryl methyl sites for hydroxylation is 1. The van der Waals surface area contributed by atoms with Crippen molar-refractivity contribution >= 4 is 6.21 Å². The van der Waals surface area contributed by atoms with Crippen LogP contribution in [0.5, 0.6) is 0 Å². The molecule has 0 amide bonds. The Bertz CT molecular complexity index is 283. The third-order valence-electron chi connectivity index (χ3n) is 1.42. The molecule has 1 aromatic carbocycles. The molecule has 0 unspecified atom stereocenters. The van der Waals surface area contributed by atoms with Crippen molar-refractivity contribution in [3.05, 3.63) is 35.1 Å². The summed E-state index contributed by atoms with van der Waals surface area (Å²) in [5, 5.41) is 10.9. The van der Waals surface area contributed by atoms with E-state index in [2.05, 4.69) is 5.16 Å². The average Bonchev–Trinajstić information content (AvgIpc) is 1.99. The van der Waals surface area contributed by atoms with Crippen molar-refractivity contribution in [3.8, 4) is 0 Å². The van der Waals surface area contributed by atoms with Crippen molar-refractivity contribution in [2.75, 3.05) is 0 Å². The largest absolute Gasteiger partial charge is 0.411 e. The molecular formula is C8H8FNO. The van der Waals surface area contributed by atoms with Crippen molar-refractivity contribution in [2.45, 2.75) is 6.92 Å². The third kappa shape index (κ3) is 1.55. The van der Waals surface area contributed by atoms with Crippen LogP contribution in [-0.2, 0) is 0 Å². The highest BCUT2D eigenvalue weighted by Gasteiger charge is 2.00. The normalized spacial score (nSPS) is 10.7. The fourth-order valence-corrected chi connectivity index (χ4v) is 0.832. The van der Waals surface area contributed by atoms with Crippen LogP contribution in [0.1, 0.15) is 11.1 Å². The van der Waals surface area contributed by atoms with Crippen molar-refractivity contribution in [1.82, 2.24) is 0 Å². The molecule has 1 aromatic rings. The summed E-state index contributed by atoms with van der Waals surface area (Å²) in [5.41, 5.74) is 0.843. The zero-order valence-electron chi connectivity index (χ0n) is 6.08. The van der Waals surface area contributed by atoms with Gasteiger partial charge in [0, 0.05) is 5.56 Å².